The number of hydrogen-bond acceptors (Lipinski definition) is 10. The van der Waals surface area contributed by atoms with Gasteiger partial charge in [0, 0.05) is 24.9 Å². The van der Waals surface area contributed by atoms with Crippen LogP contribution in [0.5, 0.6) is 0 Å². The fraction of sp³-hybridized carbons (Fsp3) is 0.367. The van der Waals surface area contributed by atoms with E-state index in [1.165, 1.54) is 33.8 Å². The zero-order valence-electron chi connectivity index (χ0n) is 24.7. The molecule has 4 bridgehead atoms. The first-order chi connectivity index (χ1) is 21.1. The molecule has 3 aromatic heterocycles. The van der Waals surface area contributed by atoms with E-state index in [-0.39, 0.29) is 48.7 Å². The summed E-state index contributed by atoms with van der Waals surface area (Å²) in [5, 5.41) is 11.6. The van der Waals surface area contributed by atoms with Gasteiger partial charge in [-0.05, 0) is 25.3 Å². The number of nitrogens with zero attached hydrogens (tertiary/aromatic N) is 4. The number of oxazole rings is 1. The van der Waals surface area contributed by atoms with Gasteiger partial charge in [-0.3, -0.25) is 19.2 Å². The first-order valence-electron chi connectivity index (χ1n) is 14.2. The van der Waals surface area contributed by atoms with Crippen molar-refractivity contribution in [2.75, 3.05) is 19.6 Å². The topological polar surface area (TPSA) is 159 Å². The van der Waals surface area contributed by atoms with Gasteiger partial charge in [0.2, 0.25) is 11.8 Å². The summed E-state index contributed by atoms with van der Waals surface area (Å²) < 4.78 is 5.69. The van der Waals surface area contributed by atoms with Crippen LogP contribution in [0.15, 0.2) is 46.4 Å². The van der Waals surface area contributed by atoms with Crippen LogP contribution in [0.25, 0.3) is 0 Å². The Labute approximate surface area is 262 Å². The highest BCUT2D eigenvalue weighted by Crippen LogP contribution is 2.26. The first-order valence-corrected chi connectivity index (χ1v) is 15.8. The first kappa shape index (κ1) is 31.0. The molecule has 1 aromatic carbocycles. The maximum atomic E-state index is 13.5. The molecular formula is C30H33N7O5S2. The lowest BCUT2D eigenvalue weighted by Gasteiger charge is -2.25. The molecule has 5 rings (SSSR count). The van der Waals surface area contributed by atoms with Crippen molar-refractivity contribution in [1.82, 2.24) is 35.8 Å². The minimum absolute atomic E-state index is 0.0219. The predicted octanol–water partition coefficient (Wildman–Crippen LogP) is 3.62. The predicted molar refractivity (Wildman–Crippen MR) is 165 cm³/mol. The van der Waals surface area contributed by atoms with E-state index >= 15 is 0 Å². The lowest BCUT2D eigenvalue weighted by Crippen LogP contribution is -2.45. The molecule has 3 N–H and O–H groups in total. The summed E-state index contributed by atoms with van der Waals surface area (Å²) in [4.78, 5) is 68.4. The van der Waals surface area contributed by atoms with Gasteiger partial charge in [-0.2, -0.15) is 0 Å². The number of aromatic nitrogens is 3. The monoisotopic (exact) mass is 635 g/mol. The lowest BCUT2D eigenvalue weighted by atomic mass is 10.0. The molecule has 0 radical (unpaired) electrons. The largest absolute Gasteiger partial charge is 0.446 e. The van der Waals surface area contributed by atoms with E-state index in [0.717, 1.165) is 10.6 Å². The second kappa shape index (κ2) is 13.5. The zero-order chi connectivity index (χ0) is 31.4. The van der Waals surface area contributed by atoms with Gasteiger partial charge in [-0.15, -0.1) is 22.7 Å². The van der Waals surface area contributed by atoms with Crippen LogP contribution < -0.4 is 16.0 Å². The van der Waals surface area contributed by atoms with Gasteiger partial charge < -0.3 is 25.3 Å². The van der Waals surface area contributed by atoms with Crippen molar-refractivity contribution < 1.29 is 23.6 Å². The SMILES string of the molecule is Cc1nc(C)c(C(=O)N2CCNC(=O)c3coc(n3)[C@H](Cc3ccccc3)NC(=O)c3csc(n3)[C@H](C(C)C)NC(=O)C2)s1. The average molecular weight is 636 g/mol. The number of rotatable bonds is 4. The van der Waals surface area contributed by atoms with Crippen LogP contribution in [0.2, 0.25) is 0 Å². The molecule has 0 aliphatic carbocycles. The highest BCUT2D eigenvalue weighted by atomic mass is 32.1. The minimum Gasteiger partial charge on any atom is -0.446 e. The molecule has 4 heterocycles. The summed E-state index contributed by atoms with van der Waals surface area (Å²) in [6.07, 6.45) is 1.60. The molecule has 0 spiro atoms. The highest BCUT2D eigenvalue weighted by molar-refractivity contribution is 7.13. The molecule has 12 nitrogen and oxygen atoms in total. The van der Waals surface area contributed by atoms with Gasteiger partial charge in [0.05, 0.1) is 23.3 Å². The Bertz CT molecular complexity index is 1660. The van der Waals surface area contributed by atoms with E-state index in [0.29, 0.717) is 22.0 Å². The summed E-state index contributed by atoms with van der Waals surface area (Å²) in [6.45, 7) is 7.32. The van der Waals surface area contributed by atoms with E-state index in [1.807, 2.05) is 51.1 Å². The van der Waals surface area contributed by atoms with Gasteiger partial charge in [0.25, 0.3) is 17.7 Å². The van der Waals surface area contributed by atoms with E-state index in [2.05, 4.69) is 30.9 Å². The number of benzene rings is 1. The van der Waals surface area contributed by atoms with Gasteiger partial charge in [0.1, 0.15) is 27.9 Å². The summed E-state index contributed by atoms with van der Waals surface area (Å²) in [5.74, 6) is -1.60. The fourth-order valence-corrected chi connectivity index (χ4v) is 6.70. The lowest BCUT2D eigenvalue weighted by molar-refractivity contribution is -0.122. The number of amides is 4. The Morgan fingerprint density at radius 1 is 1.05 bits per heavy atom. The molecule has 0 unspecified atom stereocenters. The van der Waals surface area contributed by atoms with Crippen LogP contribution in [0.4, 0.5) is 0 Å². The van der Waals surface area contributed by atoms with Gasteiger partial charge in [-0.1, -0.05) is 44.2 Å². The number of fused-ring (bicyclic) bond motifs is 4. The Balaban J connectivity index is 1.48. The molecule has 14 heteroatoms. The number of carbonyl (C=O) groups excluding carboxylic acids is 4. The molecule has 1 aliphatic rings. The summed E-state index contributed by atoms with van der Waals surface area (Å²) in [5.41, 5.74) is 1.71. The zero-order valence-corrected chi connectivity index (χ0v) is 26.4. The molecular weight excluding hydrogens is 603 g/mol. The standard InChI is InChI=1S/C30H33N7O5S2/c1-16(2)24-29-35-22(15-43-29)27(40)33-20(12-19-8-6-5-7-9-19)28-34-21(14-42-28)26(39)31-10-11-37(13-23(38)36-24)30(41)25-17(3)32-18(4)44-25/h5-9,14-16,20,24H,10-13H2,1-4H3,(H,31,39)(H,33,40)(H,36,38)/t20-,24-/m0/s1. The van der Waals surface area contributed by atoms with Gasteiger partial charge in [-0.25, -0.2) is 15.0 Å². The summed E-state index contributed by atoms with van der Waals surface area (Å²) in [7, 11) is 0. The second-order valence-corrected chi connectivity index (χ2v) is 12.9. The van der Waals surface area contributed by atoms with Crippen LogP contribution in [0.1, 0.15) is 83.7 Å². The summed E-state index contributed by atoms with van der Waals surface area (Å²) in [6, 6.07) is 8.35. The van der Waals surface area contributed by atoms with Crippen LogP contribution >= 0.6 is 22.7 Å². The summed E-state index contributed by atoms with van der Waals surface area (Å²) >= 11 is 2.52. The third kappa shape index (κ3) is 7.19. The fourth-order valence-electron chi connectivity index (χ4n) is 4.80. The van der Waals surface area contributed by atoms with Crippen LogP contribution in [-0.4, -0.2) is 63.1 Å². The maximum Gasteiger partial charge on any atom is 0.273 e. The Kier molecular flexibility index (Phi) is 9.49. The smallest absolute Gasteiger partial charge is 0.273 e. The number of hydrogen-bond donors (Lipinski definition) is 3. The molecule has 0 fully saturated rings. The quantitative estimate of drug-likeness (QED) is 0.307. The third-order valence-corrected chi connectivity index (χ3v) is 9.02. The van der Waals surface area contributed by atoms with Crippen molar-refractivity contribution in [3.05, 3.63) is 85.4 Å². The van der Waals surface area contributed by atoms with E-state index in [4.69, 9.17) is 4.42 Å². The van der Waals surface area contributed by atoms with Crippen LogP contribution in [0.3, 0.4) is 0 Å². The number of aryl methyl sites for hydroxylation is 2. The molecule has 0 saturated carbocycles. The van der Waals surface area contributed by atoms with Crippen molar-refractivity contribution >= 4 is 46.3 Å². The third-order valence-electron chi connectivity index (χ3n) is 7.03. The van der Waals surface area contributed by atoms with Gasteiger partial charge >= 0.3 is 0 Å². The Hall–Kier alpha value is -4.43. The van der Waals surface area contributed by atoms with Crippen LogP contribution in [-0.2, 0) is 11.2 Å². The van der Waals surface area contributed by atoms with E-state index < -0.39 is 29.8 Å². The van der Waals surface area contributed by atoms with Crippen molar-refractivity contribution in [3.8, 4) is 0 Å². The maximum absolute atomic E-state index is 13.5. The number of nitrogens with one attached hydrogen (secondary N) is 3. The normalized spacial score (nSPS) is 18.3. The molecule has 0 saturated heterocycles. The number of carbonyl (C=O) groups is 4. The van der Waals surface area contributed by atoms with Crippen molar-refractivity contribution in [1.29, 1.82) is 0 Å². The van der Waals surface area contributed by atoms with Crippen molar-refractivity contribution in [3.63, 3.8) is 0 Å². The van der Waals surface area contributed by atoms with Crippen molar-refractivity contribution in [2.45, 2.75) is 46.2 Å². The molecule has 44 heavy (non-hydrogen) atoms. The molecule has 4 aromatic rings. The van der Waals surface area contributed by atoms with Crippen molar-refractivity contribution in [2.24, 2.45) is 5.92 Å². The van der Waals surface area contributed by atoms with Crippen LogP contribution in [0, 0.1) is 19.8 Å². The number of thiazole rings is 2. The van der Waals surface area contributed by atoms with E-state index in [1.54, 1.807) is 12.3 Å². The molecule has 2 atom stereocenters. The Morgan fingerprint density at radius 2 is 1.82 bits per heavy atom. The average Bonchev–Trinajstić information content (AvgIpc) is 3.75. The molecule has 1 aliphatic heterocycles. The minimum atomic E-state index is -0.685. The molecule has 4 amide bonds. The second-order valence-electron chi connectivity index (χ2n) is 10.8. The van der Waals surface area contributed by atoms with E-state index in [9.17, 15) is 19.2 Å². The Morgan fingerprint density at radius 3 is 2.52 bits per heavy atom. The molecule has 230 valence electrons. The highest BCUT2D eigenvalue weighted by Gasteiger charge is 2.29. The van der Waals surface area contributed by atoms with Gasteiger partial charge in [0.15, 0.2) is 5.69 Å².